The molecule has 0 spiro atoms. The minimum Gasteiger partial charge on any atom is -0.357 e. The van der Waals surface area contributed by atoms with Crippen LogP contribution in [0.2, 0.25) is 0 Å². The molecule has 1 aromatic heterocycles. The number of anilines is 1. The van der Waals surface area contributed by atoms with Crippen molar-refractivity contribution in [1.82, 2.24) is 4.98 Å². The zero-order valence-electron chi connectivity index (χ0n) is 11.8. The largest absolute Gasteiger partial charge is 0.357 e. The van der Waals surface area contributed by atoms with Crippen molar-refractivity contribution in [3.05, 3.63) is 23.9 Å². The molecule has 100 valence electrons. The molecule has 0 amide bonds. The average Bonchev–Trinajstić information content (AvgIpc) is 2.40. The lowest BCUT2D eigenvalue weighted by Crippen LogP contribution is -2.40. The van der Waals surface area contributed by atoms with Crippen molar-refractivity contribution in [1.29, 1.82) is 0 Å². The van der Waals surface area contributed by atoms with E-state index in [0.717, 1.165) is 18.9 Å². The summed E-state index contributed by atoms with van der Waals surface area (Å²) in [7, 11) is 3.07. The van der Waals surface area contributed by atoms with Gasteiger partial charge in [-0.2, -0.15) is 0 Å². The fraction of sp³-hybridized carbons (Fsp3) is 0.667. The Morgan fingerprint density at radius 2 is 2.00 bits per heavy atom. The third-order valence-electron chi connectivity index (χ3n) is 4.22. The van der Waals surface area contributed by atoms with E-state index in [2.05, 4.69) is 52.0 Å². The quantitative estimate of drug-likeness (QED) is 0.771. The second kappa shape index (κ2) is 5.57. The highest BCUT2D eigenvalue weighted by Crippen LogP contribution is 2.35. The van der Waals surface area contributed by atoms with Gasteiger partial charge in [-0.05, 0) is 42.0 Å². The SMILES string of the molecule is CCC1(P)CCN(c2ccc(C(C)C)cn2)CC1. The lowest BCUT2D eigenvalue weighted by atomic mass is 9.93. The predicted molar refractivity (Wildman–Crippen MR) is 82.5 cm³/mol. The summed E-state index contributed by atoms with van der Waals surface area (Å²) >= 11 is 0. The highest BCUT2D eigenvalue weighted by atomic mass is 31.0. The maximum absolute atomic E-state index is 4.62. The minimum atomic E-state index is 0.467. The summed E-state index contributed by atoms with van der Waals surface area (Å²) in [6.45, 7) is 8.97. The second-order valence-electron chi connectivity index (χ2n) is 5.81. The number of rotatable bonds is 3. The molecule has 1 atom stereocenters. The van der Waals surface area contributed by atoms with Crippen molar-refractivity contribution in [2.75, 3.05) is 18.0 Å². The first-order chi connectivity index (χ1) is 8.54. The van der Waals surface area contributed by atoms with Gasteiger partial charge >= 0.3 is 0 Å². The Balaban J connectivity index is 2.01. The van der Waals surface area contributed by atoms with Crippen molar-refractivity contribution >= 4 is 15.1 Å². The Bertz CT molecular complexity index is 378. The van der Waals surface area contributed by atoms with Gasteiger partial charge in [0.2, 0.25) is 0 Å². The molecule has 0 aromatic carbocycles. The number of pyridine rings is 1. The summed E-state index contributed by atoms with van der Waals surface area (Å²) < 4.78 is 0. The van der Waals surface area contributed by atoms with Crippen molar-refractivity contribution in [3.63, 3.8) is 0 Å². The van der Waals surface area contributed by atoms with Gasteiger partial charge < -0.3 is 4.90 Å². The lowest BCUT2D eigenvalue weighted by molar-refractivity contribution is 0.435. The summed E-state index contributed by atoms with van der Waals surface area (Å²) in [4.78, 5) is 7.04. The van der Waals surface area contributed by atoms with Crippen LogP contribution in [0.4, 0.5) is 5.82 Å². The monoisotopic (exact) mass is 264 g/mol. The topological polar surface area (TPSA) is 16.1 Å². The van der Waals surface area contributed by atoms with Crippen LogP contribution in [0.3, 0.4) is 0 Å². The van der Waals surface area contributed by atoms with E-state index in [9.17, 15) is 0 Å². The normalized spacial score (nSPS) is 19.3. The fourth-order valence-electron chi connectivity index (χ4n) is 2.46. The van der Waals surface area contributed by atoms with Gasteiger partial charge in [0.05, 0.1) is 0 Å². The third kappa shape index (κ3) is 3.03. The van der Waals surface area contributed by atoms with Crippen molar-refractivity contribution in [3.8, 4) is 0 Å². The van der Waals surface area contributed by atoms with Crippen LogP contribution in [0.1, 0.15) is 51.5 Å². The molecule has 0 aliphatic carbocycles. The Morgan fingerprint density at radius 1 is 1.33 bits per heavy atom. The average molecular weight is 264 g/mol. The molecule has 1 aliphatic heterocycles. The summed E-state index contributed by atoms with van der Waals surface area (Å²) in [5.41, 5.74) is 1.32. The summed E-state index contributed by atoms with van der Waals surface area (Å²) in [6, 6.07) is 4.40. The molecule has 1 aromatic rings. The van der Waals surface area contributed by atoms with Crippen LogP contribution in [0, 0.1) is 0 Å². The summed E-state index contributed by atoms with van der Waals surface area (Å²) in [5.74, 6) is 1.70. The molecule has 1 fully saturated rings. The van der Waals surface area contributed by atoms with Gasteiger partial charge in [-0.15, -0.1) is 9.24 Å². The molecule has 3 heteroatoms. The van der Waals surface area contributed by atoms with E-state index < -0.39 is 0 Å². The highest BCUT2D eigenvalue weighted by Gasteiger charge is 2.28. The van der Waals surface area contributed by atoms with E-state index in [1.165, 1.54) is 24.8 Å². The van der Waals surface area contributed by atoms with Crippen LogP contribution in [0.5, 0.6) is 0 Å². The first-order valence-corrected chi connectivity index (χ1v) is 7.61. The third-order valence-corrected chi connectivity index (χ3v) is 5.21. The summed E-state index contributed by atoms with van der Waals surface area (Å²) in [5, 5.41) is 0.467. The second-order valence-corrected chi connectivity index (χ2v) is 7.03. The molecule has 1 unspecified atom stereocenters. The zero-order valence-corrected chi connectivity index (χ0v) is 13.0. The van der Waals surface area contributed by atoms with Crippen LogP contribution >= 0.6 is 9.24 Å². The van der Waals surface area contributed by atoms with E-state index in [0.29, 0.717) is 11.1 Å². The Labute approximate surface area is 113 Å². The van der Waals surface area contributed by atoms with Crippen molar-refractivity contribution in [2.24, 2.45) is 0 Å². The first-order valence-electron chi connectivity index (χ1n) is 7.04. The minimum absolute atomic E-state index is 0.467. The Kier molecular flexibility index (Phi) is 4.27. The van der Waals surface area contributed by atoms with Crippen LogP contribution in [0.15, 0.2) is 18.3 Å². The lowest BCUT2D eigenvalue weighted by Gasteiger charge is -2.39. The predicted octanol–water partition coefficient (Wildman–Crippen LogP) is 3.83. The van der Waals surface area contributed by atoms with Crippen LogP contribution < -0.4 is 4.90 Å². The van der Waals surface area contributed by atoms with Crippen LogP contribution in [-0.4, -0.2) is 23.2 Å². The summed E-state index contributed by atoms with van der Waals surface area (Å²) in [6.07, 6.45) is 5.79. The van der Waals surface area contributed by atoms with E-state index in [1.807, 2.05) is 6.20 Å². The molecule has 18 heavy (non-hydrogen) atoms. The standard InChI is InChI=1S/C15H25N2P/c1-4-15(18)7-9-17(10-8-15)14-6-5-13(11-16-14)12(2)3/h5-6,11-12H,4,7-10,18H2,1-3H3. The molecule has 0 radical (unpaired) electrons. The van der Waals surface area contributed by atoms with Crippen LogP contribution in [0.25, 0.3) is 0 Å². The first kappa shape index (κ1) is 13.8. The van der Waals surface area contributed by atoms with Gasteiger partial charge in [0.25, 0.3) is 0 Å². The van der Waals surface area contributed by atoms with E-state index in [-0.39, 0.29) is 0 Å². The number of hydrogen-bond donors (Lipinski definition) is 0. The molecule has 1 saturated heterocycles. The zero-order chi connectivity index (χ0) is 13.2. The smallest absolute Gasteiger partial charge is 0.128 e. The molecular weight excluding hydrogens is 239 g/mol. The van der Waals surface area contributed by atoms with Gasteiger partial charge in [-0.1, -0.05) is 26.8 Å². The van der Waals surface area contributed by atoms with Gasteiger partial charge in [-0.25, -0.2) is 4.98 Å². The molecule has 2 heterocycles. The number of nitrogens with zero attached hydrogens (tertiary/aromatic N) is 2. The molecule has 0 saturated carbocycles. The molecule has 2 rings (SSSR count). The molecule has 0 bridgehead atoms. The number of hydrogen-bond acceptors (Lipinski definition) is 2. The molecular formula is C15H25N2P. The maximum atomic E-state index is 4.62. The van der Waals surface area contributed by atoms with Crippen molar-refractivity contribution < 1.29 is 0 Å². The van der Waals surface area contributed by atoms with Gasteiger partial charge in [-0.3, -0.25) is 0 Å². The molecule has 2 nitrogen and oxygen atoms in total. The molecule has 0 N–H and O–H groups in total. The Hall–Kier alpha value is -0.620. The van der Waals surface area contributed by atoms with E-state index >= 15 is 0 Å². The number of aromatic nitrogens is 1. The van der Waals surface area contributed by atoms with Gasteiger partial charge in [0.15, 0.2) is 0 Å². The number of piperidine rings is 1. The van der Waals surface area contributed by atoms with E-state index in [4.69, 9.17) is 0 Å². The van der Waals surface area contributed by atoms with Crippen LogP contribution in [-0.2, 0) is 0 Å². The Morgan fingerprint density at radius 3 is 2.44 bits per heavy atom. The highest BCUT2D eigenvalue weighted by molar-refractivity contribution is 7.19. The van der Waals surface area contributed by atoms with E-state index in [1.54, 1.807) is 0 Å². The molecule has 1 aliphatic rings. The maximum Gasteiger partial charge on any atom is 0.128 e. The fourth-order valence-corrected chi connectivity index (χ4v) is 2.72. The van der Waals surface area contributed by atoms with Crippen molar-refractivity contribution in [2.45, 2.75) is 51.1 Å². The van der Waals surface area contributed by atoms with Gasteiger partial charge in [0, 0.05) is 19.3 Å². The van der Waals surface area contributed by atoms with Gasteiger partial charge in [0.1, 0.15) is 5.82 Å².